The van der Waals surface area contributed by atoms with Gasteiger partial charge in [0.15, 0.2) is 0 Å². The third-order valence-corrected chi connectivity index (χ3v) is 4.53. The zero-order chi connectivity index (χ0) is 14.4. The lowest BCUT2D eigenvalue weighted by atomic mass is 9.81. The summed E-state index contributed by atoms with van der Waals surface area (Å²) in [6.45, 7) is 2.91. The Balaban J connectivity index is 1.96. The van der Waals surface area contributed by atoms with E-state index in [1.807, 2.05) is 0 Å². The zero-order valence-electron chi connectivity index (χ0n) is 12.8. The molecule has 1 aliphatic carbocycles. The molecule has 1 fully saturated rings. The molecular formula is C18H29NO. The fraction of sp³-hybridized carbons (Fsp3) is 0.667. The van der Waals surface area contributed by atoms with Gasteiger partial charge in [0.25, 0.3) is 0 Å². The van der Waals surface area contributed by atoms with Gasteiger partial charge in [-0.15, -0.1) is 0 Å². The lowest BCUT2D eigenvalue weighted by molar-refractivity contribution is -0.00342. The lowest BCUT2D eigenvalue weighted by Crippen LogP contribution is -2.31. The zero-order valence-corrected chi connectivity index (χ0v) is 12.8. The van der Waals surface area contributed by atoms with Gasteiger partial charge in [0.05, 0.1) is 5.60 Å². The molecule has 1 aliphatic rings. The molecule has 0 bridgehead atoms. The topological polar surface area (TPSA) is 46.2 Å². The van der Waals surface area contributed by atoms with Gasteiger partial charge in [0.2, 0.25) is 0 Å². The van der Waals surface area contributed by atoms with Gasteiger partial charge in [-0.05, 0) is 63.1 Å². The number of aryl methyl sites for hydroxylation is 3. The number of aliphatic hydroxyl groups is 1. The van der Waals surface area contributed by atoms with E-state index in [1.165, 1.54) is 36.0 Å². The van der Waals surface area contributed by atoms with Crippen LogP contribution in [-0.2, 0) is 12.8 Å². The van der Waals surface area contributed by atoms with E-state index in [9.17, 15) is 5.11 Å². The van der Waals surface area contributed by atoms with Crippen LogP contribution in [0.15, 0.2) is 18.2 Å². The molecule has 0 aliphatic heterocycles. The van der Waals surface area contributed by atoms with Crippen LogP contribution >= 0.6 is 0 Å². The monoisotopic (exact) mass is 275 g/mol. The van der Waals surface area contributed by atoms with E-state index in [2.05, 4.69) is 25.1 Å². The quantitative estimate of drug-likeness (QED) is 0.834. The predicted molar refractivity (Wildman–Crippen MR) is 84.9 cm³/mol. The van der Waals surface area contributed by atoms with Crippen LogP contribution in [0.25, 0.3) is 0 Å². The average Bonchev–Trinajstić information content (AvgIpc) is 2.43. The number of rotatable bonds is 6. The van der Waals surface area contributed by atoms with Crippen LogP contribution in [0.4, 0.5) is 0 Å². The molecular weight excluding hydrogens is 246 g/mol. The summed E-state index contributed by atoms with van der Waals surface area (Å²) in [7, 11) is 0. The molecule has 0 saturated heterocycles. The average molecular weight is 275 g/mol. The number of nitrogens with two attached hydrogens (primary N) is 1. The Kier molecular flexibility index (Phi) is 5.62. The Bertz CT molecular complexity index is 421. The third kappa shape index (κ3) is 4.60. The highest BCUT2D eigenvalue weighted by atomic mass is 16.3. The summed E-state index contributed by atoms with van der Waals surface area (Å²) in [5.41, 5.74) is 9.28. The van der Waals surface area contributed by atoms with Crippen LogP contribution in [0, 0.1) is 6.92 Å². The minimum absolute atomic E-state index is 0.403. The molecule has 0 unspecified atom stereocenters. The first-order chi connectivity index (χ1) is 9.61. The van der Waals surface area contributed by atoms with E-state index in [0.717, 1.165) is 45.1 Å². The molecule has 2 nitrogen and oxygen atoms in total. The van der Waals surface area contributed by atoms with Crippen molar-refractivity contribution in [1.82, 2.24) is 0 Å². The smallest absolute Gasteiger partial charge is 0.0651 e. The third-order valence-electron chi connectivity index (χ3n) is 4.53. The molecule has 2 heteroatoms. The summed E-state index contributed by atoms with van der Waals surface area (Å²) in [5, 5.41) is 10.6. The van der Waals surface area contributed by atoms with Crippen molar-refractivity contribution < 1.29 is 5.11 Å². The molecule has 3 N–H and O–H groups in total. The van der Waals surface area contributed by atoms with E-state index in [-0.39, 0.29) is 0 Å². The second kappa shape index (κ2) is 7.24. The molecule has 1 saturated carbocycles. The lowest BCUT2D eigenvalue weighted by Gasteiger charge is -2.32. The van der Waals surface area contributed by atoms with E-state index < -0.39 is 5.60 Å². The van der Waals surface area contributed by atoms with Crippen molar-refractivity contribution >= 4 is 0 Å². The molecule has 20 heavy (non-hydrogen) atoms. The van der Waals surface area contributed by atoms with Crippen LogP contribution in [0.2, 0.25) is 0 Å². The van der Waals surface area contributed by atoms with Gasteiger partial charge in [-0.2, -0.15) is 0 Å². The first-order valence-corrected chi connectivity index (χ1v) is 8.13. The van der Waals surface area contributed by atoms with Gasteiger partial charge in [0, 0.05) is 0 Å². The molecule has 0 aromatic heterocycles. The maximum absolute atomic E-state index is 10.6. The summed E-state index contributed by atoms with van der Waals surface area (Å²) in [5.74, 6) is 0. The van der Waals surface area contributed by atoms with Gasteiger partial charge >= 0.3 is 0 Å². The molecule has 0 atom stereocenters. The van der Waals surface area contributed by atoms with Gasteiger partial charge in [0.1, 0.15) is 0 Å². The van der Waals surface area contributed by atoms with Crippen LogP contribution in [0.1, 0.15) is 61.6 Å². The fourth-order valence-electron chi connectivity index (χ4n) is 3.38. The second-order valence-electron chi connectivity index (χ2n) is 6.50. The van der Waals surface area contributed by atoms with Crippen molar-refractivity contribution in [2.75, 3.05) is 6.54 Å². The minimum Gasteiger partial charge on any atom is -0.390 e. The van der Waals surface area contributed by atoms with Gasteiger partial charge in [-0.25, -0.2) is 0 Å². The standard InChI is InChI=1S/C18H29NO/c1-15-12-16(6-5-11-19)14-17(13-15)7-10-18(20)8-3-2-4-9-18/h12-14,20H,2-11,19H2,1H3. The molecule has 1 aromatic rings. The highest BCUT2D eigenvalue weighted by Crippen LogP contribution is 2.32. The first kappa shape index (κ1) is 15.5. The summed E-state index contributed by atoms with van der Waals surface area (Å²) in [4.78, 5) is 0. The van der Waals surface area contributed by atoms with Gasteiger partial charge in [-0.1, -0.05) is 43.0 Å². The molecule has 1 aromatic carbocycles. The van der Waals surface area contributed by atoms with E-state index in [0.29, 0.717) is 0 Å². The van der Waals surface area contributed by atoms with Crippen LogP contribution in [-0.4, -0.2) is 17.3 Å². The van der Waals surface area contributed by atoms with Crippen LogP contribution in [0.3, 0.4) is 0 Å². The molecule has 0 spiro atoms. The molecule has 112 valence electrons. The highest BCUT2D eigenvalue weighted by molar-refractivity contribution is 5.30. The number of hydrogen-bond acceptors (Lipinski definition) is 2. The first-order valence-electron chi connectivity index (χ1n) is 8.13. The van der Waals surface area contributed by atoms with Crippen molar-refractivity contribution in [3.05, 3.63) is 34.9 Å². The summed E-state index contributed by atoms with van der Waals surface area (Å²) < 4.78 is 0. The van der Waals surface area contributed by atoms with Crippen molar-refractivity contribution in [3.63, 3.8) is 0 Å². The Labute approximate surface area is 123 Å². The number of hydrogen-bond donors (Lipinski definition) is 2. The maximum Gasteiger partial charge on any atom is 0.0651 e. The molecule has 2 rings (SSSR count). The van der Waals surface area contributed by atoms with Crippen LogP contribution < -0.4 is 5.73 Å². The SMILES string of the molecule is Cc1cc(CCCN)cc(CCC2(O)CCCCC2)c1. The van der Waals surface area contributed by atoms with Crippen LogP contribution in [0.5, 0.6) is 0 Å². The van der Waals surface area contributed by atoms with Crippen molar-refractivity contribution in [2.45, 2.75) is 70.3 Å². The second-order valence-corrected chi connectivity index (χ2v) is 6.50. The summed E-state index contributed by atoms with van der Waals surface area (Å²) in [6, 6.07) is 6.82. The Hall–Kier alpha value is -0.860. The van der Waals surface area contributed by atoms with E-state index in [1.54, 1.807) is 0 Å². The van der Waals surface area contributed by atoms with Gasteiger partial charge in [-0.3, -0.25) is 0 Å². The summed E-state index contributed by atoms with van der Waals surface area (Å²) in [6.07, 6.45) is 9.65. The summed E-state index contributed by atoms with van der Waals surface area (Å²) >= 11 is 0. The Morgan fingerprint density at radius 3 is 2.35 bits per heavy atom. The fourth-order valence-corrected chi connectivity index (χ4v) is 3.38. The number of benzene rings is 1. The van der Waals surface area contributed by atoms with Crippen molar-refractivity contribution in [1.29, 1.82) is 0 Å². The van der Waals surface area contributed by atoms with E-state index >= 15 is 0 Å². The Morgan fingerprint density at radius 2 is 1.70 bits per heavy atom. The molecule has 0 radical (unpaired) electrons. The maximum atomic E-state index is 10.6. The molecule has 0 amide bonds. The predicted octanol–water partition coefficient (Wildman–Crippen LogP) is 3.51. The van der Waals surface area contributed by atoms with E-state index in [4.69, 9.17) is 5.73 Å². The minimum atomic E-state index is -0.403. The highest BCUT2D eigenvalue weighted by Gasteiger charge is 2.28. The largest absolute Gasteiger partial charge is 0.390 e. The Morgan fingerprint density at radius 1 is 1.05 bits per heavy atom. The molecule has 0 heterocycles. The van der Waals surface area contributed by atoms with Crippen molar-refractivity contribution in [2.24, 2.45) is 5.73 Å². The van der Waals surface area contributed by atoms with Gasteiger partial charge < -0.3 is 10.8 Å². The van der Waals surface area contributed by atoms with Crippen molar-refractivity contribution in [3.8, 4) is 0 Å². The normalized spacial score (nSPS) is 18.1.